The van der Waals surface area contributed by atoms with Crippen molar-refractivity contribution >= 4 is 22.7 Å². The van der Waals surface area contributed by atoms with Gasteiger partial charge in [-0.3, -0.25) is 0 Å². The number of hydrogen-bond donors (Lipinski definition) is 2. The number of para-hydroxylation sites is 2. The van der Waals surface area contributed by atoms with Crippen molar-refractivity contribution in [2.45, 2.75) is 44.6 Å². The Morgan fingerprint density at radius 3 is 2.41 bits per heavy atom. The van der Waals surface area contributed by atoms with E-state index in [1.54, 1.807) is 18.2 Å². The summed E-state index contributed by atoms with van der Waals surface area (Å²) in [6.45, 7) is 1.09. The standard InChI is InChI=1S/C25H30F3N5O/c1-33(2)23-20-8-4-5-9-21(20)31-24(32-23)30-19-13-11-17(12-14-19)15-29-16-18-7-3-6-10-22(18)34-25(26,27)28/h3-10,17,19,29H,11-16H2,1-2H3,(H,30,31,32)/t17-,19+. The fraction of sp³-hybridized carbons (Fsp3) is 0.440. The van der Waals surface area contributed by atoms with Gasteiger partial charge in [0.05, 0.1) is 5.52 Å². The molecule has 1 heterocycles. The molecule has 2 N–H and O–H groups in total. The molecule has 0 radical (unpaired) electrons. The van der Waals surface area contributed by atoms with E-state index in [0.29, 0.717) is 30.0 Å². The summed E-state index contributed by atoms with van der Waals surface area (Å²) in [6.07, 6.45) is -0.649. The Balaban J connectivity index is 1.28. The highest BCUT2D eigenvalue weighted by molar-refractivity contribution is 5.90. The lowest BCUT2D eigenvalue weighted by atomic mass is 9.86. The molecule has 9 heteroatoms. The van der Waals surface area contributed by atoms with Gasteiger partial charge >= 0.3 is 6.36 Å². The third kappa shape index (κ3) is 6.28. The third-order valence-electron chi connectivity index (χ3n) is 6.13. The zero-order valence-electron chi connectivity index (χ0n) is 19.4. The lowest BCUT2D eigenvalue weighted by Gasteiger charge is -2.29. The number of aromatic nitrogens is 2. The summed E-state index contributed by atoms with van der Waals surface area (Å²) in [5.41, 5.74) is 1.41. The molecule has 0 aliphatic heterocycles. The summed E-state index contributed by atoms with van der Waals surface area (Å²) in [4.78, 5) is 11.4. The van der Waals surface area contributed by atoms with Crippen molar-refractivity contribution in [1.29, 1.82) is 0 Å². The number of halogens is 3. The highest BCUT2D eigenvalue weighted by atomic mass is 19.4. The van der Waals surface area contributed by atoms with E-state index in [4.69, 9.17) is 9.97 Å². The molecule has 1 aromatic heterocycles. The van der Waals surface area contributed by atoms with Gasteiger partial charge in [0, 0.05) is 37.6 Å². The van der Waals surface area contributed by atoms with Crippen LogP contribution in [0.15, 0.2) is 48.5 Å². The Hall–Kier alpha value is -3.07. The molecular weight excluding hydrogens is 443 g/mol. The Labute approximate surface area is 197 Å². The minimum absolute atomic E-state index is 0.150. The van der Waals surface area contributed by atoms with Crippen LogP contribution in [0.4, 0.5) is 24.9 Å². The third-order valence-corrected chi connectivity index (χ3v) is 6.13. The topological polar surface area (TPSA) is 62.3 Å². The largest absolute Gasteiger partial charge is 0.573 e. The Morgan fingerprint density at radius 2 is 1.68 bits per heavy atom. The lowest BCUT2D eigenvalue weighted by molar-refractivity contribution is -0.274. The predicted molar refractivity (Wildman–Crippen MR) is 128 cm³/mol. The highest BCUT2D eigenvalue weighted by Crippen LogP contribution is 2.29. The average molecular weight is 474 g/mol. The SMILES string of the molecule is CN(C)c1nc(N[C@H]2CC[C@@H](CNCc3ccccc3OC(F)(F)F)CC2)nc2ccccc12. The van der Waals surface area contributed by atoms with Crippen molar-refractivity contribution in [3.63, 3.8) is 0 Å². The molecule has 2 aromatic carbocycles. The second-order valence-electron chi connectivity index (χ2n) is 8.93. The van der Waals surface area contributed by atoms with E-state index < -0.39 is 6.36 Å². The zero-order valence-corrected chi connectivity index (χ0v) is 19.4. The summed E-state index contributed by atoms with van der Waals surface area (Å²) in [5, 5.41) is 7.83. The monoisotopic (exact) mass is 473 g/mol. The van der Waals surface area contributed by atoms with E-state index in [0.717, 1.165) is 48.9 Å². The van der Waals surface area contributed by atoms with Crippen molar-refractivity contribution < 1.29 is 17.9 Å². The Morgan fingerprint density at radius 1 is 0.971 bits per heavy atom. The fourth-order valence-corrected chi connectivity index (χ4v) is 4.44. The van der Waals surface area contributed by atoms with Crippen LogP contribution in [0.3, 0.4) is 0 Å². The van der Waals surface area contributed by atoms with Crippen LogP contribution in [0.5, 0.6) is 5.75 Å². The minimum Gasteiger partial charge on any atom is -0.405 e. The van der Waals surface area contributed by atoms with E-state index in [1.165, 1.54) is 6.07 Å². The minimum atomic E-state index is -4.69. The van der Waals surface area contributed by atoms with Gasteiger partial charge in [0.1, 0.15) is 11.6 Å². The first-order chi connectivity index (χ1) is 16.3. The second-order valence-corrected chi connectivity index (χ2v) is 8.93. The number of alkyl halides is 3. The summed E-state index contributed by atoms with van der Waals surface area (Å²) < 4.78 is 42.0. The molecule has 0 spiro atoms. The Kier molecular flexibility index (Phi) is 7.41. The van der Waals surface area contributed by atoms with Gasteiger partial charge in [0.2, 0.25) is 5.95 Å². The summed E-state index contributed by atoms with van der Waals surface area (Å²) in [5.74, 6) is 1.86. The zero-order chi connectivity index (χ0) is 24.1. The molecule has 6 nitrogen and oxygen atoms in total. The molecule has 0 saturated heterocycles. The number of nitrogens with one attached hydrogen (secondary N) is 2. The first-order valence-electron chi connectivity index (χ1n) is 11.5. The van der Waals surface area contributed by atoms with Crippen LogP contribution < -0.4 is 20.3 Å². The number of hydrogen-bond acceptors (Lipinski definition) is 6. The summed E-state index contributed by atoms with van der Waals surface area (Å²) in [6, 6.07) is 14.5. The quantitative estimate of drug-likeness (QED) is 0.460. The highest BCUT2D eigenvalue weighted by Gasteiger charge is 2.32. The molecule has 4 rings (SSSR count). The van der Waals surface area contributed by atoms with Crippen LogP contribution in [0.25, 0.3) is 10.9 Å². The number of benzene rings is 2. The molecule has 1 fully saturated rings. The normalized spacial score (nSPS) is 18.6. The van der Waals surface area contributed by atoms with Gasteiger partial charge in [-0.15, -0.1) is 13.2 Å². The van der Waals surface area contributed by atoms with Gasteiger partial charge in [-0.2, -0.15) is 4.98 Å². The van der Waals surface area contributed by atoms with Crippen LogP contribution in [0.2, 0.25) is 0 Å². The molecule has 1 saturated carbocycles. The van der Waals surface area contributed by atoms with E-state index in [2.05, 4.69) is 15.4 Å². The predicted octanol–water partition coefficient (Wildman–Crippen LogP) is 5.35. The second kappa shape index (κ2) is 10.5. The van der Waals surface area contributed by atoms with Gasteiger partial charge in [-0.25, -0.2) is 4.98 Å². The molecular formula is C25H30F3N5O. The van der Waals surface area contributed by atoms with Gasteiger partial charge in [0.15, 0.2) is 0 Å². The van der Waals surface area contributed by atoms with E-state index in [1.807, 2.05) is 43.3 Å². The van der Waals surface area contributed by atoms with Crippen LogP contribution in [0, 0.1) is 5.92 Å². The van der Waals surface area contributed by atoms with Gasteiger partial charge in [-0.1, -0.05) is 30.3 Å². The maximum absolute atomic E-state index is 12.6. The molecule has 3 aromatic rings. The smallest absolute Gasteiger partial charge is 0.405 e. The van der Waals surface area contributed by atoms with Gasteiger partial charge in [-0.05, 0) is 56.3 Å². The van der Waals surface area contributed by atoms with Crippen LogP contribution >= 0.6 is 0 Å². The molecule has 0 amide bonds. The first-order valence-corrected chi connectivity index (χ1v) is 11.5. The van der Waals surface area contributed by atoms with Crippen molar-refractivity contribution in [1.82, 2.24) is 15.3 Å². The van der Waals surface area contributed by atoms with E-state index in [9.17, 15) is 13.2 Å². The van der Waals surface area contributed by atoms with Crippen LogP contribution in [-0.2, 0) is 6.54 Å². The summed E-state index contributed by atoms with van der Waals surface area (Å²) >= 11 is 0. The Bertz CT molecular complexity index is 1100. The lowest BCUT2D eigenvalue weighted by Crippen LogP contribution is -2.32. The van der Waals surface area contributed by atoms with E-state index >= 15 is 0 Å². The number of nitrogens with zero attached hydrogens (tertiary/aromatic N) is 3. The number of rotatable bonds is 8. The number of anilines is 2. The van der Waals surface area contributed by atoms with Crippen molar-refractivity contribution in [3.05, 3.63) is 54.1 Å². The van der Waals surface area contributed by atoms with Crippen molar-refractivity contribution in [2.24, 2.45) is 5.92 Å². The van der Waals surface area contributed by atoms with Gasteiger partial charge < -0.3 is 20.3 Å². The molecule has 0 bridgehead atoms. The van der Waals surface area contributed by atoms with Crippen molar-refractivity contribution in [3.8, 4) is 5.75 Å². The number of fused-ring (bicyclic) bond motifs is 1. The molecule has 0 atom stereocenters. The summed E-state index contributed by atoms with van der Waals surface area (Å²) in [7, 11) is 3.95. The molecule has 182 valence electrons. The van der Waals surface area contributed by atoms with Crippen molar-refractivity contribution in [2.75, 3.05) is 30.9 Å². The fourth-order valence-electron chi connectivity index (χ4n) is 4.44. The average Bonchev–Trinajstić information content (AvgIpc) is 2.80. The van der Waals surface area contributed by atoms with Gasteiger partial charge in [0.25, 0.3) is 0 Å². The first kappa shape index (κ1) is 24.1. The molecule has 1 aliphatic rings. The molecule has 34 heavy (non-hydrogen) atoms. The molecule has 1 aliphatic carbocycles. The maximum atomic E-state index is 12.6. The van der Waals surface area contributed by atoms with E-state index in [-0.39, 0.29) is 5.75 Å². The maximum Gasteiger partial charge on any atom is 0.573 e. The van der Waals surface area contributed by atoms with Crippen LogP contribution in [-0.4, -0.2) is 43.0 Å². The number of ether oxygens (including phenoxy) is 1. The van der Waals surface area contributed by atoms with Crippen LogP contribution in [0.1, 0.15) is 31.2 Å². The molecule has 0 unspecified atom stereocenters.